The fraction of sp³-hybridized carbons (Fsp3) is 0.250. The number of halogens is 1. The number of urea groups is 1. The van der Waals surface area contributed by atoms with Gasteiger partial charge in [0.2, 0.25) is 0 Å². The molecule has 0 radical (unpaired) electrons. The van der Waals surface area contributed by atoms with E-state index >= 15 is 0 Å². The zero-order valence-corrected chi connectivity index (χ0v) is 16.5. The maximum Gasteiger partial charge on any atom is 0.322 e. The third kappa shape index (κ3) is 4.16. The van der Waals surface area contributed by atoms with Crippen LogP contribution in [0.2, 0.25) is 0 Å². The Kier molecular flexibility index (Phi) is 5.12. The third-order valence-corrected chi connectivity index (χ3v) is 6.28. The maximum atomic E-state index is 14.6. The first-order valence-electron chi connectivity index (χ1n) is 9.21. The van der Waals surface area contributed by atoms with E-state index < -0.39 is 16.0 Å². The molecule has 29 heavy (non-hydrogen) atoms. The smallest absolute Gasteiger partial charge is 0.316 e. The van der Waals surface area contributed by atoms with Crippen molar-refractivity contribution in [3.05, 3.63) is 71.0 Å². The summed E-state index contributed by atoms with van der Waals surface area (Å²) in [4.78, 5) is 14.2. The zero-order valence-electron chi connectivity index (χ0n) is 15.6. The molecule has 0 fully saturated rings. The molecular weight excluding hydrogens is 395 g/mol. The van der Waals surface area contributed by atoms with Gasteiger partial charge < -0.3 is 10.2 Å². The van der Waals surface area contributed by atoms with Crippen LogP contribution in [0.15, 0.2) is 48.5 Å². The molecule has 3 N–H and O–H groups in total. The topological polar surface area (TPSA) is 95.7 Å². The summed E-state index contributed by atoms with van der Waals surface area (Å²) < 4.78 is 38.5. The van der Waals surface area contributed by atoms with Gasteiger partial charge in [-0.15, -0.1) is 0 Å². The number of hydrogen-bond donors (Lipinski definition) is 2. The van der Waals surface area contributed by atoms with Gasteiger partial charge in [0.15, 0.2) is 0 Å². The number of hydrogen-bond acceptors (Lipinski definition) is 3. The zero-order chi connectivity index (χ0) is 20.6. The first kappa shape index (κ1) is 19.6. The number of amides is 2. The highest BCUT2D eigenvalue weighted by Crippen LogP contribution is 2.28. The molecule has 0 aliphatic carbocycles. The van der Waals surface area contributed by atoms with Crippen molar-refractivity contribution in [3.8, 4) is 0 Å². The highest BCUT2D eigenvalue weighted by atomic mass is 32.2. The molecule has 0 unspecified atom stereocenters. The Morgan fingerprint density at radius 2 is 1.79 bits per heavy atom. The molecule has 2 aromatic carbocycles. The minimum Gasteiger partial charge on any atom is -0.316 e. The van der Waals surface area contributed by atoms with E-state index in [2.05, 4.69) is 5.32 Å². The lowest BCUT2D eigenvalue weighted by atomic mass is 9.99. The van der Waals surface area contributed by atoms with Crippen LogP contribution in [0, 0.1) is 5.82 Å². The van der Waals surface area contributed by atoms with Crippen LogP contribution in [0.1, 0.15) is 23.1 Å². The summed E-state index contributed by atoms with van der Waals surface area (Å²) in [6.07, 6.45) is 2.02. The largest absolute Gasteiger partial charge is 0.322 e. The van der Waals surface area contributed by atoms with Gasteiger partial charge in [0.05, 0.1) is 0 Å². The molecular formula is C20H21FN4O3S. The molecule has 4 rings (SSSR count). The average molecular weight is 416 g/mol. The molecule has 2 amide bonds. The maximum absolute atomic E-state index is 14.6. The van der Waals surface area contributed by atoms with Crippen molar-refractivity contribution in [1.82, 2.24) is 9.21 Å². The Bertz CT molecular complexity index is 1080. The van der Waals surface area contributed by atoms with Crippen molar-refractivity contribution >= 4 is 27.5 Å². The summed E-state index contributed by atoms with van der Waals surface area (Å²) in [5.74, 6) is -0.470. The highest BCUT2D eigenvalue weighted by molar-refractivity contribution is 7.86. The van der Waals surface area contributed by atoms with Crippen molar-refractivity contribution in [2.24, 2.45) is 5.14 Å². The van der Waals surface area contributed by atoms with Crippen molar-refractivity contribution in [2.75, 3.05) is 18.4 Å². The Morgan fingerprint density at radius 3 is 2.34 bits per heavy atom. The van der Waals surface area contributed by atoms with Gasteiger partial charge in [0.25, 0.3) is 10.2 Å². The first-order valence-corrected chi connectivity index (χ1v) is 10.7. The van der Waals surface area contributed by atoms with Crippen LogP contribution in [0.25, 0.3) is 5.57 Å². The standard InChI is InChI=1S/C20H21FN4O3S/c21-19-11-17(23-20(26)24-12-15-3-1-2-4-16(15)13-24)5-6-18(19)14-7-9-25(10-8-14)29(22,27)28/h1-7,11H,8-10,12-13H2,(H,23,26)(H2,22,27,28). The van der Waals surface area contributed by atoms with Crippen molar-refractivity contribution in [3.63, 3.8) is 0 Å². The van der Waals surface area contributed by atoms with Crippen molar-refractivity contribution in [2.45, 2.75) is 19.5 Å². The molecule has 9 heteroatoms. The van der Waals surface area contributed by atoms with Crippen LogP contribution >= 0.6 is 0 Å². The van der Waals surface area contributed by atoms with E-state index in [4.69, 9.17) is 5.14 Å². The van der Waals surface area contributed by atoms with E-state index in [0.29, 0.717) is 30.8 Å². The number of anilines is 1. The second-order valence-electron chi connectivity index (χ2n) is 7.13. The summed E-state index contributed by atoms with van der Waals surface area (Å²) in [6, 6.07) is 12.1. The van der Waals surface area contributed by atoms with Crippen LogP contribution in [0.5, 0.6) is 0 Å². The van der Waals surface area contributed by atoms with E-state index in [1.165, 1.54) is 6.07 Å². The monoisotopic (exact) mass is 416 g/mol. The Morgan fingerprint density at radius 1 is 1.10 bits per heavy atom. The first-order chi connectivity index (χ1) is 13.8. The molecule has 152 valence electrons. The lowest BCUT2D eigenvalue weighted by Gasteiger charge is -2.24. The van der Waals surface area contributed by atoms with E-state index in [1.807, 2.05) is 24.3 Å². The molecule has 0 atom stereocenters. The third-order valence-electron chi connectivity index (χ3n) is 5.23. The summed E-state index contributed by atoms with van der Waals surface area (Å²) in [7, 11) is -3.75. The van der Waals surface area contributed by atoms with E-state index in [0.717, 1.165) is 21.0 Å². The second kappa shape index (κ2) is 7.58. The van der Waals surface area contributed by atoms with Crippen LogP contribution in [0.4, 0.5) is 14.9 Å². The van der Waals surface area contributed by atoms with E-state index in [-0.39, 0.29) is 19.1 Å². The lowest BCUT2D eigenvalue weighted by Crippen LogP contribution is -2.39. The molecule has 0 aromatic heterocycles. The molecule has 0 saturated heterocycles. The summed E-state index contributed by atoms with van der Waals surface area (Å²) in [5, 5.41) is 7.86. The van der Waals surface area contributed by atoms with Crippen molar-refractivity contribution < 1.29 is 17.6 Å². The van der Waals surface area contributed by atoms with Crippen molar-refractivity contribution in [1.29, 1.82) is 0 Å². The molecule has 2 aliphatic rings. The predicted molar refractivity (Wildman–Crippen MR) is 108 cm³/mol. The predicted octanol–water partition coefficient (Wildman–Crippen LogP) is 2.67. The molecule has 0 bridgehead atoms. The lowest BCUT2D eigenvalue weighted by molar-refractivity contribution is 0.212. The second-order valence-corrected chi connectivity index (χ2v) is 8.68. The number of nitrogens with one attached hydrogen (secondary N) is 1. The Hall–Kier alpha value is -2.75. The van der Waals surface area contributed by atoms with Gasteiger partial charge in [-0.2, -0.15) is 12.7 Å². The van der Waals surface area contributed by atoms with Crippen LogP contribution < -0.4 is 10.5 Å². The molecule has 2 aliphatic heterocycles. The molecule has 0 saturated carbocycles. The molecule has 0 spiro atoms. The number of fused-ring (bicyclic) bond motifs is 1. The number of carbonyl (C=O) groups excluding carboxylic acids is 1. The Balaban J connectivity index is 1.43. The van der Waals surface area contributed by atoms with Crippen LogP contribution in [0.3, 0.4) is 0 Å². The minimum absolute atomic E-state index is 0.113. The number of nitrogens with two attached hydrogens (primary N) is 1. The summed E-state index contributed by atoms with van der Waals surface area (Å²) in [6.45, 7) is 1.37. The van der Waals surface area contributed by atoms with Gasteiger partial charge in [-0.05, 0) is 41.3 Å². The SMILES string of the molecule is NS(=O)(=O)N1CC=C(c2ccc(NC(=O)N3Cc4ccccc4C3)cc2F)CC1. The van der Waals surface area contributed by atoms with Gasteiger partial charge >= 0.3 is 6.03 Å². The van der Waals surface area contributed by atoms with Crippen LogP contribution in [-0.2, 0) is 23.3 Å². The molecule has 2 heterocycles. The number of rotatable bonds is 3. The fourth-order valence-corrected chi connectivity index (χ4v) is 4.29. The van der Waals surface area contributed by atoms with Gasteiger partial charge in [0, 0.05) is 37.4 Å². The van der Waals surface area contributed by atoms with Gasteiger partial charge in [0.1, 0.15) is 5.82 Å². The van der Waals surface area contributed by atoms with Gasteiger partial charge in [-0.1, -0.05) is 30.3 Å². The number of nitrogens with zero attached hydrogens (tertiary/aromatic N) is 2. The fourth-order valence-electron chi connectivity index (χ4n) is 3.66. The van der Waals surface area contributed by atoms with Crippen LogP contribution in [-0.4, -0.2) is 36.7 Å². The summed E-state index contributed by atoms with van der Waals surface area (Å²) in [5.41, 5.74) is 3.71. The minimum atomic E-state index is -3.75. The molecule has 2 aromatic rings. The normalized spacial score (nSPS) is 17.0. The Labute approximate surface area is 168 Å². The highest BCUT2D eigenvalue weighted by Gasteiger charge is 2.24. The number of benzene rings is 2. The van der Waals surface area contributed by atoms with Gasteiger partial charge in [-0.25, -0.2) is 14.3 Å². The average Bonchev–Trinajstić information content (AvgIpc) is 3.12. The van der Waals surface area contributed by atoms with E-state index in [9.17, 15) is 17.6 Å². The quantitative estimate of drug-likeness (QED) is 0.805. The summed E-state index contributed by atoms with van der Waals surface area (Å²) >= 11 is 0. The number of carbonyl (C=O) groups is 1. The molecule has 7 nitrogen and oxygen atoms in total. The van der Waals surface area contributed by atoms with Gasteiger partial charge in [-0.3, -0.25) is 0 Å². The van der Waals surface area contributed by atoms with E-state index in [1.54, 1.807) is 23.1 Å².